The first-order valence-corrected chi connectivity index (χ1v) is 11.5. The average Bonchev–Trinajstić information content (AvgIpc) is 2.88. The lowest BCUT2D eigenvalue weighted by Crippen LogP contribution is -2.24. The highest BCUT2D eigenvalue weighted by Crippen LogP contribution is 2.31. The van der Waals surface area contributed by atoms with Crippen molar-refractivity contribution in [1.82, 2.24) is 5.43 Å². The highest BCUT2D eigenvalue weighted by Gasteiger charge is 2.30. The van der Waals surface area contributed by atoms with Gasteiger partial charge in [-0.1, -0.05) is 6.07 Å². The monoisotopic (exact) mass is 544 g/mol. The molecule has 0 aliphatic heterocycles. The van der Waals surface area contributed by atoms with Gasteiger partial charge < -0.3 is 14.8 Å². The number of alkyl halides is 3. The molecular formula is C26H23F3N4O6. The number of hydrogen-bond acceptors (Lipinski definition) is 7. The molecule has 3 rings (SSSR count). The van der Waals surface area contributed by atoms with Crippen LogP contribution in [0.5, 0.6) is 11.5 Å². The summed E-state index contributed by atoms with van der Waals surface area (Å²) in [6, 6.07) is 14.9. The average molecular weight is 544 g/mol. The summed E-state index contributed by atoms with van der Waals surface area (Å²) in [7, 11) is 0. The van der Waals surface area contributed by atoms with Crippen molar-refractivity contribution < 1.29 is 37.2 Å². The van der Waals surface area contributed by atoms with Gasteiger partial charge in [-0.3, -0.25) is 19.7 Å². The van der Waals surface area contributed by atoms with E-state index in [0.29, 0.717) is 29.2 Å². The zero-order valence-electron chi connectivity index (χ0n) is 20.5. The molecule has 0 saturated heterocycles. The Morgan fingerprint density at radius 2 is 1.74 bits per heavy atom. The van der Waals surface area contributed by atoms with Crippen molar-refractivity contribution in [3.63, 3.8) is 0 Å². The van der Waals surface area contributed by atoms with Crippen LogP contribution in [0.25, 0.3) is 0 Å². The summed E-state index contributed by atoms with van der Waals surface area (Å²) in [4.78, 5) is 34.3. The molecular weight excluding hydrogens is 521 g/mol. The number of carbonyl (C=O) groups is 2. The molecule has 0 atom stereocenters. The lowest BCUT2D eigenvalue weighted by Gasteiger charge is -2.12. The first-order chi connectivity index (χ1) is 18.5. The molecule has 2 N–H and O–H groups in total. The second kappa shape index (κ2) is 13.0. The van der Waals surface area contributed by atoms with Crippen LogP contribution in [0.1, 0.15) is 30.0 Å². The quantitative estimate of drug-likeness (QED) is 0.150. The molecule has 0 aliphatic rings. The Morgan fingerprint density at radius 3 is 2.41 bits per heavy atom. The standard InChI is InChI=1S/C26H23F3N4O6/c1-2-38-23-12-18(8-11-22(23)39-16-17-6-9-21(10-7-17)33(36)37)15-30-32-25(35)14-24(34)31-20-5-3-4-19(13-20)26(27,28)29/h3-13,15H,2,14,16H2,1H3,(H,31,34)(H,32,35). The number of rotatable bonds is 11. The van der Waals surface area contributed by atoms with Crippen molar-refractivity contribution in [3.8, 4) is 11.5 Å². The van der Waals surface area contributed by atoms with Gasteiger partial charge in [-0.05, 0) is 66.6 Å². The van der Waals surface area contributed by atoms with Crippen LogP contribution < -0.4 is 20.2 Å². The molecule has 0 aliphatic carbocycles. The Hall–Kier alpha value is -4.94. The topological polar surface area (TPSA) is 132 Å². The summed E-state index contributed by atoms with van der Waals surface area (Å²) in [6.07, 6.45) is -3.91. The van der Waals surface area contributed by atoms with E-state index in [0.717, 1.165) is 18.2 Å². The van der Waals surface area contributed by atoms with Crippen LogP contribution >= 0.6 is 0 Å². The van der Waals surface area contributed by atoms with Gasteiger partial charge in [0, 0.05) is 17.8 Å². The van der Waals surface area contributed by atoms with Crippen LogP contribution in [0.3, 0.4) is 0 Å². The van der Waals surface area contributed by atoms with Gasteiger partial charge in [-0.15, -0.1) is 0 Å². The molecule has 204 valence electrons. The van der Waals surface area contributed by atoms with E-state index < -0.39 is 34.9 Å². The fourth-order valence-electron chi connectivity index (χ4n) is 3.21. The smallest absolute Gasteiger partial charge is 0.416 e. The van der Waals surface area contributed by atoms with E-state index in [4.69, 9.17) is 9.47 Å². The Kier molecular flexibility index (Phi) is 9.57. The molecule has 0 spiro atoms. The molecule has 2 amide bonds. The molecule has 39 heavy (non-hydrogen) atoms. The molecule has 0 saturated carbocycles. The molecule has 0 fully saturated rings. The van der Waals surface area contributed by atoms with E-state index in [1.165, 1.54) is 24.4 Å². The second-order valence-corrected chi connectivity index (χ2v) is 7.95. The molecule has 3 aromatic rings. The van der Waals surface area contributed by atoms with Crippen LogP contribution in [-0.2, 0) is 22.4 Å². The molecule has 0 radical (unpaired) electrons. The lowest BCUT2D eigenvalue weighted by atomic mass is 10.2. The molecule has 0 aromatic heterocycles. The predicted octanol–water partition coefficient (Wildman–Crippen LogP) is 5.07. The predicted molar refractivity (Wildman–Crippen MR) is 135 cm³/mol. The first kappa shape index (κ1) is 28.6. The maximum Gasteiger partial charge on any atom is 0.416 e. The van der Waals surface area contributed by atoms with E-state index in [1.807, 2.05) is 0 Å². The molecule has 3 aromatic carbocycles. The van der Waals surface area contributed by atoms with Gasteiger partial charge in [-0.2, -0.15) is 18.3 Å². The van der Waals surface area contributed by atoms with Crippen molar-refractivity contribution in [2.75, 3.05) is 11.9 Å². The largest absolute Gasteiger partial charge is 0.490 e. The van der Waals surface area contributed by atoms with E-state index in [1.54, 1.807) is 37.3 Å². The Labute approximate surface area is 220 Å². The number of hydrazone groups is 1. The fourth-order valence-corrected chi connectivity index (χ4v) is 3.21. The molecule has 10 nitrogen and oxygen atoms in total. The highest BCUT2D eigenvalue weighted by molar-refractivity contribution is 6.03. The van der Waals surface area contributed by atoms with E-state index in [2.05, 4.69) is 15.8 Å². The number of non-ortho nitro benzene ring substituents is 1. The van der Waals surface area contributed by atoms with E-state index in [-0.39, 0.29) is 18.0 Å². The van der Waals surface area contributed by atoms with Crippen LogP contribution in [-0.4, -0.2) is 29.6 Å². The van der Waals surface area contributed by atoms with Gasteiger partial charge in [0.1, 0.15) is 13.0 Å². The number of carbonyl (C=O) groups excluding carboxylic acids is 2. The van der Waals surface area contributed by atoms with Crippen molar-refractivity contribution >= 4 is 29.4 Å². The molecule has 0 bridgehead atoms. The number of benzene rings is 3. The van der Waals surface area contributed by atoms with Crippen LogP contribution in [0.4, 0.5) is 24.5 Å². The normalized spacial score (nSPS) is 11.2. The minimum atomic E-state index is -4.56. The summed E-state index contributed by atoms with van der Waals surface area (Å²) in [5.74, 6) is -0.767. The van der Waals surface area contributed by atoms with Gasteiger partial charge in [-0.25, -0.2) is 5.43 Å². The van der Waals surface area contributed by atoms with Crippen molar-refractivity contribution in [3.05, 3.63) is 93.5 Å². The Morgan fingerprint density at radius 1 is 1.00 bits per heavy atom. The number of nitrogens with one attached hydrogen (secondary N) is 2. The summed E-state index contributed by atoms with van der Waals surface area (Å²) in [5.41, 5.74) is 2.38. The van der Waals surface area contributed by atoms with E-state index >= 15 is 0 Å². The number of amides is 2. The summed E-state index contributed by atoms with van der Waals surface area (Å²) < 4.78 is 49.8. The van der Waals surface area contributed by atoms with Gasteiger partial charge in [0.05, 0.1) is 23.3 Å². The first-order valence-electron chi connectivity index (χ1n) is 11.5. The minimum absolute atomic E-state index is 0.0270. The summed E-state index contributed by atoms with van der Waals surface area (Å²) >= 11 is 0. The van der Waals surface area contributed by atoms with Gasteiger partial charge >= 0.3 is 6.18 Å². The second-order valence-electron chi connectivity index (χ2n) is 7.95. The number of ether oxygens (including phenoxy) is 2. The third kappa shape index (κ3) is 8.84. The number of nitrogens with zero attached hydrogens (tertiary/aromatic N) is 2. The Bertz CT molecular complexity index is 1360. The van der Waals surface area contributed by atoms with Gasteiger partial charge in [0.25, 0.3) is 5.69 Å². The van der Waals surface area contributed by atoms with Crippen molar-refractivity contribution in [2.24, 2.45) is 5.10 Å². The number of nitro benzene ring substituents is 1. The van der Waals surface area contributed by atoms with Crippen LogP contribution in [0.15, 0.2) is 71.8 Å². The summed E-state index contributed by atoms with van der Waals surface area (Å²) in [6.45, 7) is 2.27. The third-order valence-electron chi connectivity index (χ3n) is 5.01. The molecule has 0 unspecified atom stereocenters. The maximum absolute atomic E-state index is 12.8. The minimum Gasteiger partial charge on any atom is -0.490 e. The van der Waals surface area contributed by atoms with Crippen LogP contribution in [0, 0.1) is 10.1 Å². The SMILES string of the molecule is CCOc1cc(C=NNC(=O)CC(=O)Nc2cccc(C(F)(F)F)c2)ccc1OCc1ccc([N+](=O)[O-])cc1. The van der Waals surface area contributed by atoms with Gasteiger partial charge in [0.2, 0.25) is 11.8 Å². The Balaban J connectivity index is 1.54. The third-order valence-corrected chi connectivity index (χ3v) is 5.01. The lowest BCUT2D eigenvalue weighted by molar-refractivity contribution is -0.384. The fraction of sp³-hybridized carbons (Fsp3) is 0.192. The zero-order chi connectivity index (χ0) is 28.4. The van der Waals surface area contributed by atoms with Crippen molar-refractivity contribution in [2.45, 2.75) is 26.1 Å². The number of anilines is 1. The summed E-state index contributed by atoms with van der Waals surface area (Å²) in [5, 5.41) is 16.8. The highest BCUT2D eigenvalue weighted by atomic mass is 19.4. The molecule has 13 heteroatoms. The number of nitro groups is 1. The van der Waals surface area contributed by atoms with Gasteiger partial charge in [0.15, 0.2) is 11.5 Å². The van der Waals surface area contributed by atoms with Crippen molar-refractivity contribution in [1.29, 1.82) is 0 Å². The maximum atomic E-state index is 12.8. The zero-order valence-corrected chi connectivity index (χ0v) is 20.5. The number of hydrogen-bond donors (Lipinski definition) is 2. The molecule has 0 heterocycles. The number of halogens is 3. The van der Waals surface area contributed by atoms with Crippen LogP contribution in [0.2, 0.25) is 0 Å². The van der Waals surface area contributed by atoms with E-state index in [9.17, 15) is 32.9 Å².